The average Bonchev–Trinajstić information content (AvgIpc) is 3.21. The lowest BCUT2D eigenvalue weighted by molar-refractivity contribution is 0.180. The Kier molecular flexibility index (Phi) is 5.71. The van der Waals surface area contributed by atoms with Gasteiger partial charge in [-0.25, -0.2) is 0 Å². The van der Waals surface area contributed by atoms with Crippen molar-refractivity contribution in [2.45, 2.75) is 38.4 Å². The van der Waals surface area contributed by atoms with Crippen molar-refractivity contribution in [3.8, 4) is 0 Å². The number of aromatic nitrogens is 2. The summed E-state index contributed by atoms with van der Waals surface area (Å²) in [6.45, 7) is 5.97. The third-order valence-electron chi connectivity index (χ3n) is 4.62. The standard InChI is InChI=1S/C19H26N4OS/c1-14(2)22-11-8-15(13-22)18-17(16-7-4-5-9-20-16)21-19(25)23(18)10-6-12-24-3/h4-5,7-9,11,13-14,17-18H,6,10,12H2,1-3H3,(H,21,25)/t17-,18-/m0/s1. The highest BCUT2D eigenvalue weighted by atomic mass is 32.1. The van der Waals surface area contributed by atoms with Crippen LogP contribution in [0.1, 0.15) is 49.7 Å². The van der Waals surface area contributed by atoms with Gasteiger partial charge in [0.2, 0.25) is 0 Å². The molecule has 3 rings (SSSR count). The summed E-state index contributed by atoms with van der Waals surface area (Å²) in [6.07, 6.45) is 7.15. The van der Waals surface area contributed by atoms with Crippen molar-refractivity contribution in [3.05, 3.63) is 54.1 Å². The van der Waals surface area contributed by atoms with Crippen LogP contribution >= 0.6 is 12.2 Å². The molecule has 3 heterocycles. The fourth-order valence-electron chi connectivity index (χ4n) is 3.32. The number of rotatable bonds is 7. The Bertz CT molecular complexity index is 700. The summed E-state index contributed by atoms with van der Waals surface area (Å²) < 4.78 is 7.45. The summed E-state index contributed by atoms with van der Waals surface area (Å²) in [4.78, 5) is 6.83. The van der Waals surface area contributed by atoms with Crippen LogP contribution in [-0.2, 0) is 4.74 Å². The molecule has 2 aromatic heterocycles. The maximum Gasteiger partial charge on any atom is 0.170 e. The van der Waals surface area contributed by atoms with Crippen molar-refractivity contribution in [1.82, 2.24) is 19.8 Å². The van der Waals surface area contributed by atoms with Crippen LogP contribution in [0.2, 0.25) is 0 Å². The average molecular weight is 359 g/mol. The van der Waals surface area contributed by atoms with Gasteiger partial charge in [-0.1, -0.05) is 6.07 Å². The molecule has 0 bridgehead atoms. The molecule has 2 atom stereocenters. The smallest absolute Gasteiger partial charge is 0.170 e. The number of nitrogens with zero attached hydrogens (tertiary/aromatic N) is 3. The maximum atomic E-state index is 5.64. The van der Waals surface area contributed by atoms with E-state index in [0.717, 1.165) is 30.4 Å². The number of hydrogen-bond acceptors (Lipinski definition) is 3. The Morgan fingerprint density at radius 2 is 2.16 bits per heavy atom. The van der Waals surface area contributed by atoms with Crippen molar-refractivity contribution in [3.63, 3.8) is 0 Å². The quantitative estimate of drug-likeness (QED) is 0.606. The minimum atomic E-state index is 0.0549. The molecule has 0 saturated carbocycles. The molecular formula is C19H26N4OS. The van der Waals surface area contributed by atoms with Gasteiger partial charge in [-0.15, -0.1) is 0 Å². The molecule has 0 amide bonds. The largest absolute Gasteiger partial charge is 0.385 e. The molecule has 2 aromatic rings. The highest BCUT2D eigenvalue weighted by Gasteiger charge is 2.39. The number of ether oxygens (including phenoxy) is 1. The molecule has 5 nitrogen and oxygen atoms in total. The second kappa shape index (κ2) is 7.97. The lowest BCUT2D eigenvalue weighted by Gasteiger charge is -2.27. The van der Waals surface area contributed by atoms with Crippen molar-refractivity contribution in [2.24, 2.45) is 0 Å². The topological polar surface area (TPSA) is 42.3 Å². The van der Waals surface area contributed by atoms with Gasteiger partial charge in [0.1, 0.15) is 0 Å². The minimum absolute atomic E-state index is 0.0549. The van der Waals surface area contributed by atoms with Crippen LogP contribution in [-0.4, -0.2) is 39.8 Å². The minimum Gasteiger partial charge on any atom is -0.385 e. The molecule has 25 heavy (non-hydrogen) atoms. The first-order valence-corrected chi connectivity index (χ1v) is 9.17. The molecule has 1 saturated heterocycles. The Morgan fingerprint density at radius 1 is 1.32 bits per heavy atom. The van der Waals surface area contributed by atoms with Crippen molar-refractivity contribution < 1.29 is 4.74 Å². The first-order chi connectivity index (χ1) is 12.1. The molecule has 0 unspecified atom stereocenters. The highest BCUT2D eigenvalue weighted by molar-refractivity contribution is 7.80. The molecule has 1 aliphatic rings. The van der Waals surface area contributed by atoms with E-state index in [0.29, 0.717) is 6.04 Å². The van der Waals surface area contributed by atoms with Gasteiger partial charge in [-0.05, 0) is 56.2 Å². The van der Waals surface area contributed by atoms with Crippen LogP contribution in [0.4, 0.5) is 0 Å². The van der Waals surface area contributed by atoms with Gasteiger partial charge in [0.05, 0.1) is 17.8 Å². The third kappa shape index (κ3) is 3.85. The molecule has 1 aliphatic heterocycles. The fraction of sp³-hybridized carbons (Fsp3) is 0.474. The van der Waals surface area contributed by atoms with Crippen LogP contribution in [0.3, 0.4) is 0 Å². The summed E-state index contributed by atoms with van der Waals surface area (Å²) in [6, 6.07) is 8.85. The highest BCUT2D eigenvalue weighted by Crippen LogP contribution is 2.38. The summed E-state index contributed by atoms with van der Waals surface area (Å²) in [5.74, 6) is 0. The molecule has 134 valence electrons. The normalized spacial score (nSPS) is 20.3. The van der Waals surface area contributed by atoms with Gasteiger partial charge < -0.3 is 19.5 Å². The summed E-state index contributed by atoms with van der Waals surface area (Å²) >= 11 is 5.64. The van der Waals surface area contributed by atoms with Gasteiger partial charge in [0.15, 0.2) is 5.11 Å². The summed E-state index contributed by atoms with van der Waals surface area (Å²) in [7, 11) is 1.73. The first kappa shape index (κ1) is 17.9. The SMILES string of the molecule is COCCCN1C(=S)N[C@@H](c2ccccn2)[C@@H]1c1ccn(C(C)C)c1. The Morgan fingerprint density at radius 3 is 2.80 bits per heavy atom. The third-order valence-corrected chi connectivity index (χ3v) is 4.97. The number of pyridine rings is 1. The van der Waals surface area contributed by atoms with Gasteiger partial charge in [0.25, 0.3) is 0 Å². The van der Waals surface area contributed by atoms with E-state index in [9.17, 15) is 0 Å². The Balaban J connectivity index is 1.92. The molecule has 0 spiro atoms. The van der Waals surface area contributed by atoms with Crippen LogP contribution < -0.4 is 5.32 Å². The molecule has 1 fully saturated rings. The van der Waals surface area contributed by atoms with E-state index in [2.05, 4.69) is 58.1 Å². The molecule has 0 aliphatic carbocycles. The van der Waals surface area contributed by atoms with Crippen LogP contribution in [0.5, 0.6) is 0 Å². The van der Waals surface area contributed by atoms with Gasteiger partial charge in [-0.2, -0.15) is 0 Å². The van der Waals surface area contributed by atoms with E-state index in [4.69, 9.17) is 17.0 Å². The van der Waals surface area contributed by atoms with Crippen molar-refractivity contribution in [2.75, 3.05) is 20.3 Å². The summed E-state index contributed by atoms with van der Waals surface area (Å²) in [5.41, 5.74) is 2.27. The molecular weight excluding hydrogens is 332 g/mol. The second-order valence-electron chi connectivity index (χ2n) is 6.65. The fourth-order valence-corrected chi connectivity index (χ4v) is 3.65. The van der Waals surface area contributed by atoms with E-state index in [1.165, 1.54) is 5.56 Å². The predicted octanol–water partition coefficient (Wildman–Crippen LogP) is 3.47. The van der Waals surface area contributed by atoms with Crippen LogP contribution in [0.15, 0.2) is 42.9 Å². The molecule has 0 radical (unpaired) electrons. The lowest BCUT2D eigenvalue weighted by atomic mass is 9.99. The van der Waals surface area contributed by atoms with Crippen LogP contribution in [0.25, 0.3) is 0 Å². The molecule has 0 aromatic carbocycles. The van der Waals surface area contributed by atoms with Gasteiger partial charge >= 0.3 is 0 Å². The lowest BCUT2D eigenvalue weighted by Crippen LogP contribution is -2.31. The monoisotopic (exact) mass is 358 g/mol. The summed E-state index contributed by atoms with van der Waals surface area (Å²) in [5, 5.41) is 4.27. The number of nitrogens with one attached hydrogen (secondary N) is 1. The number of thiocarbonyl (C=S) groups is 1. The van der Waals surface area contributed by atoms with E-state index < -0.39 is 0 Å². The number of hydrogen-bond donors (Lipinski definition) is 1. The van der Waals surface area contributed by atoms with E-state index in [1.807, 2.05) is 18.3 Å². The molecule has 6 heteroatoms. The van der Waals surface area contributed by atoms with Crippen LogP contribution in [0, 0.1) is 0 Å². The predicted molar refractivity (Wildman–Crippen MR) is 103 cm³/mol. The van der Waals surface area contributed by atoms with Gasteiger partial charge in [0, 0.05) is 44.9 Å². The maximum absolute atomic E-state index is 5.64. The van der Waals surface area contributed by atoms with E-state index in [1.54, 1.807) is 7.11 Å². The first-order valence-electron chi connectivity index (χ1n) is 8.76. The number of methoxy groups -OCH3 is 1. The molecule has 1 N–H and O–H groups in total. The zero-order valence-corrected chi connectivity index (χ0v) is 15.9. The van der Waals surface area contributed by atoms with Crippen molar-refractivity contribution in [1.29, 1.82) is 0 Å². The zero-order chi connectivity index (χ0) is 17.8. The zero-order valence-electron chi connectivity index (χ0n) is 15.1. The van der Waals surface area contributed by atoms with E-state index in [-0.39, 0.29) is 12.1 Å². The van der Waals surface area contributed by atoms with E-state index >= 15 is 0 Å². The van der Waals surface area contributed by atoms with Crippen molar-refractivity contribution >= 4 is 17.3 Å². The second-order valence-corrected chi connectivity index (χ2v) is 7.04. The van der Waals surface area contributed by atoms with Gasteiger partial charge in [-0.3, -0.25) is 4.98 Å². The Hall–Kier alpha value is -1.92. The Labute approximate surface area is 155 Å².